The van der Waals surface area contributed by atoms with E-state index in [0.717, 1.165) is 24.8 Å². The number of sulfonamides is 1. The van der Waals surface area contributed by atoms with E-state index in [1.165, 1.54) is 29.6 Å². The second kappa shape index (κ2) is 19.0. The number of carbonyl (C=O) groups is 1. The molecule has 1 amide bonds. The summed E-state index contributed by atoms with van der Waals surface area (Å²) in [5.74, 6) is 0.703. The summed E-state index contributed by atoms with van der Waals surface area (Å²) in [7, 11) is -2.50. The van der Waals surface area contributed by atoms with E-state index in [-0.39, 0.29) is 41.6 Å². The van der Waals surface area contributed by atoms with Crippen molar-refractivity contribution in [3.63, 3.8) is 0 Å². The molecule has 0 unspecified atom stereocenters. The van der Waals surface area contributed by atoms with Crippen LogP contribution in [0.3, 0.4) is 0 Å². The topological polar surface area (TPSA) is 125 Å². The van der Waals surface area contributed by atoms with Crippen LogP contribution in [-0.2, 0) is 22.9 Å². The van der Waals surface area contributed by atoms with Crippen molar-refractivity contribution >= 4 is 15.9 Å². The molecule has 48 heavy (non-hydrogen) atoms. The largest absolute Gasteiger partial charge is 0.508 e. The van der Waals surface area contributed by atoms with Gasteiger partial charge in [0.25, 0.3) is 5.91 Å². The maximum Gasteiger partial charge on any atom is 0.252 e. The van der Waals surface area contributed by atoms with Gasteiger partial charge in [-0.3, -0.25) is 4.79 Å². The zero-order valence-electron chi connectivity index (χ0n) is 28.3. The smallest absolute Gasteiger partial charge is 0.252 e. The molecule has 0 radical (unpaired) electrons. The van der Waals surface area contributed by atoms with Crippen molar-refractivity contribution in [1.82, 2.24) is 9.62 Å². The van der Waals surface area contributed by atoms with E-state index in [1.807, 2.05) is 44.2 Å². The Balaban J connectivity index is 1.90. The van der Waals surface area contributed by atoms with Crippen LogP contribution in [0.2, 0.25) is 0 Å². The van der Waals surface area contributed by atoms with E-state index in [0.29, 0.717) is 36.5 Å². The lowest BCUT2D eigenvalue weighted by Gasteiger charge is -2.31. The van der Waals surface area contributed by atoms with Crippen LogP contribution in [-0.4, -0.2) is 67.8 Å². The van der Waals surface area contributed by atoms with Crippen molar-refractivity contribution in [2.75, 3.05) is 26.8 Å². The van der Waals surface area contributed by atoms with Gasteiger partial charge in [0.2, 0.25) is 10.0 Å². The molecule has 0 spiro atoms. The number of aliphatic hydroxyl groups excluding tert-OH is 1. The number of amides is 1. The van der Waals surface area contributed by atoms with Crippen LogP contribution in [0.25, 0.3) is 0 Å². The lowest BCUT2D eigenvalue weighted by Crippen LogP contribution is -2.51. The number of aliphatic hydroxyl groups is 1. The average molecular weight is 679 g/mol. The van der Waals surface area contributed by atoms with Gasteiger partial charge in [0, 0.05) is 24.2 Å². The molecule has 3 N–H and O–H groups in total. The molecule has 0 aliphatic rings. The second-order valence-corrected chi connectivity index (χ2v) is 14.1. The first-order valence-corrected chi connectivity index (χ1v) is 17.8. The fourth-order valence-corrected chi connectivity index (χ4v) is 6.91. The third kappa shape index (κ3) is 11.2. The molecule has 260 valence electrons. The van der Waals surface area contributed by atoms with Gasteiger partial charge in [-0.1, -0.05) is 44.2 Å². The number of rotatable bonds is 21. The quantitative estimate of drug-likeness (QED) is 0.0892. The molecular weight excluding hydrogens is 628 g/mol. The minimum absolute atomic E-state index is 0.00428. The fraction of sp³-hybridized carbons (Fsp3) is 0.395. The van der Waals surface area contributed by atoms with E-state index in [4.69, 9.17) is 9.47 Å². The van der Waals surface area contributed by atoms with Crippen molar-refractivity contribution in [2.24, 2.45) is 5.92 Å². The maximum atomic E-state index is 13.8. The highest BCUT2D eigenvalue weighted by atomic mass is 32.2. The summed E-state index contributed by atoms with van der Waals surface area (Å²) in [6.07, 6.45) is 6.33. The molecule has 0 aliphatic heterocycles. The lowest BCUT2D eigenvalue weighted by molar-refractivity contribution is 0.0774. The molecule has 3 aromatic carbocycles. The first kappa shape index (κ1) is 38.3. The Morgan fingerprint density at radius 2 is 1.60 bits per heavy atom. The summed E-state index contributed by atoms with van der Waals surface area (Å²) in [4.78, 5) is 13.8. The summed E-state index contributed by atoms with van der Waals surface area (Å²) in [5.41, 5.74) is 1.56. The SMILES string of the molecule is C=CCCCCOc1ccc(C[C@H](NC(=O)c2cccc(O)c2CCC=C)[C@H](O)CN(CC(C)C)S(=O)(=O)c2ccc(OC)cc2)cc1. The molecular formula is C38H50N2O7S. The summed E-state index contributed by atoms with van der Waals surface area (Å²) < 4.78 is 40.0. The molecule has 3 rings (SSSR count). The molecule has 0 heterocycles. The van der Waals surface area contributed by atoms with Gasteiger partial charge in [0.15, 0.2) is 0 Å². The van der Waals surface area contributed by atoms with Gasteiger partial charge >= 0.3 is 0 Å². The second-order valence-electron chi connectivity index (χ2n) is 12.2. The number of carbonyl (C=O) groups excluding carboxylic acids is 1. The Bertz CT molecular complexity index is 1570. The number of benzene rings is 3. The van der Waals surface area contributed by atoms with Crippen LogP contribution in [0, 0.1) is 5.92 Å². The minimum atomic E-state index is -4.01. The number of methoxy groups -OCH3 is 1. The first-order valence-electron chi connectivity index (χ1n) is 16.4. The van der Waals surface area contributed by atoms with Crippen molar-refractivity contribution in [1.29, 1.82) is 0 Å². The standard InChI is InChI=1S/C38H50N2O7S/c1-6-8-10-11-24-47-31-18-16-29(17-19-31)25-35(39-38(43)34-14-12-15-36(41)33(34)13-9-7-2)37(42)27-40(26-28(3)4)48(44,45)32-22-20-30(46-5)21-23-32/h6-7,12,14-23,28,35,37,41-42H,1-2,8-11,13,24-27H2,3-5H3,(H,39,43)/t35-,37+/m0/s1. The summed E-state index contributed by atoms with van der Waals surface area (Å²) in [5, 5.41) is 25.2. The van der Waals surface area contributed by atoms with E-state index in [2.05, 4.69) is 18.5 Å². The van der Waals surface area contributed by atoms with E-state index < -0.39 is 28.1 Å². The molecule has 3 aromatic rings. The predicted molar refractivity (Wildman–Crippen MR) is 190 cm³/mol. The van der Waals surface area contributed by atoms with E-state index in [1.54, 1.807) is 30.3 Å². The summed E-state index contributed by atoms with van der Waals surface area (Å²) in [6, 6.07) is 17.4. The molecule has 10 heteroatoms. The number of phenolic OH excluding ortho intramolecular Hbond substituents is 1. The zero-order chi connectivity index (χ0) is 35.1. The van der Waals surface area contributed by atoms with Gasteiger partial charge in [0.05, 0.1) is 30.8 Å². The third-order valence-corrected chi connectivity index (χ3v) is 9.73. The Hall–Kier alpha value is -4.12. The van der Waals surface area contributed by atoms with E-state index in [9.17, 15) is 23.4 Å². The van der Waals surface area contributed by atoms with E-state index >= 15 is 0 Å². The highest BCUT2D eigenvalue weighted by Gasteiger charge is 2.32. The molecule has 0 saturated carbocycles. The lowest BCUT2D eigenvalue weighted by atomic mass is 9.98. The van der Waals surface area contributed by atoms with Gasteiger partial charge in [-0.25, -0.2) is 8.42 Å². The number of nitrogens with zero attached hydrogens (tertiary/aromatic N) is 1. The number of aromatic hydroxyl groups is 1. The molecule has 0 saturated heterocycles. The van der Waals surface area contributed by atoms with Crippen LogP contribution in [0.5, 0.6) is 17.2 Å². The number of nitrogens with one attached hydrogen (secondary N) is 1. The first-order chi connectivity index (χ1) is 23.0. The normalized spacial score (nSPS) is 12.8. The van der Waals surface area contributed by atoms with Crippen molar-refractivity contribution in [3.8, 4) is 17.2 Å². The minimum Gasteiger partial charge on any atom is -0.508 e. The number of phenols is 1. The number of hydrogen-bond acceptors (Lipinski definition) is 7. The predicted octanol–water partition coefficient (Wildman–Crippen LogP) is 6.30. The van der Waals surface area contributed by atoms with Gasteiger partial charge in [0.1, 0.15) is 17.2 Å². The van der Waals surface area contributed by atoms with Crippen LogP contribution < -0.4 is 14.8 Å². The van der Waals surface area contributed by atoms with Crippen LogP contribution in [0.1, 0.15) is 61.0 Å². The highest BCUT2D eigenvalue weighted by molar-refractivity contribution is 7.89. The maximum absolute atomic E-state index is 13.8. The van der Waals surface area contributed by atoms with Gasteiger partial charge < -0.3 is 25.0 Å². The Kier molecular flexibility index (Phi) is 15.2. The Morgan fingerprint density at radius 3 is 2.23 bits per heavy atom. The number of allylic oxidation sites excluding steroid dienone is 2. The van der Waals surface area contributed by atoms with Gasteiger partial charge in [-0.05, 0) is 98.5 Å². The Morgan fingerprint density at radius 1 is 0.938 bits per heavy atom. The molecule has 0 aliphatic carbocycles. The van der Waals surface area contributed by atoms with Gasteiger partial charge in [-0.2, -0.15) is 4.31 Å². The Labute approximate surface area is 286 Å². The van der Waals surface area contributed by atoms with Crippen molar-refractivity contribution < 1.29 is 32.9 Å². The molecule has 0 bridgehead atoms. The summed E-state index contributed by atoms with van der Waals surface area (Å²) >= 11 is 0. The summed E-state index contributed by atoms with van der Waals surface area (Å²) in [6.45, 7) is 11.8. The molecule has 2 atom stereocenters. The van der Waals surface area contributed by atoms with Crippen LogP contribution >= 0.6 is 0 Å². The fourth-order valence-electron chi connectivity index (χ4n) is 5.29. The van der Waals surface area contributed by atoms with Gasteiger partial charge in [-0.15, -0.1) is 13.2 Å². The third-order valence-electron chi connectivity index (χ3n) is 7.88. The van der Waals surface area contributed by atoms with Crippen LogP contribution in [0.15, 0.2) is 96.9 Å². The van der Waals surface area contributed by atoms with Crippen molar-refractivity contribution in [2.45, 2.75) is 69.4 Å². The van der Waals surface area contributed by atoms with Crippen molar-refractivity contribution in [3.05, 3.63) is 109 Å². The number of unbranched alkanes of at least 4 members (excludes halogenated alkanes) is 2. The molecule has 0 aromatic heterocycles. The number of hydrogen-bond donors (Lipinski definition) is 3. The zero-order valence-corrected chi connectivity index (χ0v) is 29.1. The van der Waals surface area contributed by atoms with Crippen LogP contribution in [0.4, 0.5) is 0 Å². The molecule has 0 fully saturated rings. The molecule has 9 nitrogen and oxygen atoms in total. The monoisotopic (exact) mass is 678 g/mol. The number of ether oxygens (including phenoxy) is 2. The average Bonchev–Trinajstić information content (AvgIpc) is 3.07. The highest BCUT2D eigenvalue weighted by Crippen LogP contribution is 2.25.